The van der Waals surface area contributed by atoms with Crippen LogP contribution >= 0.6 is 0 Å². The fourth-order valence-corrected chi connectivity index (χ4v) is 0.607. The number of rotatable bonds is 1. The first-order chi connectivity index (χ1) is 5.88. The number of hydrogen-bond donors (Lipinski definition) is 1. The molecule has 13 heavy (non-hydrogen) atoms. The fourth-order valence-electron chi connectivity index (χ4n) is 0.607. The molecule has 0 aromatic carbocycles. The molecular formula is C6H3F4NO2. The molecule has 3 nitrogen and oxygen atoms in total. The molecule has 7 heteroatoms. The van der Waals surface area contributed by atoms with Gasteiger partial charge in [-0.1, -0.05) is 0 Å². The van der Waals surface area contributed by atoms with Gasteiger partial charge in [-0.3, -0.25) is 0 Å². The van der Waals surface area contributed by atoms with Gasteiger partial charge in [0.2, 0.25) is 0 Å². The summed E-state index contributed by atoms with van der Waals surface area (Å²) in [6.07, 6.45) is -4.37. The predicted octanol–water partition coefficient (Wildman–Crippen LogP) is 1.82. The highest BCUT2D eigenvalue weighted by molar-refractivity contribution is 5.28. The molecular weight excluding hydrogens is 194 g/mol. The molecule has 0 atom stereocenters. The molecule has 1 aromatic rings. The number of aromatic hydroxyl groups is 1. The van der Waals surface area contributed by atoms with Gasteiger partial charge in [0, 0.05) is 6.07 Å². The average Bonchev–Trinajstić information content (AvgIpc) is 1.94. The van der Waals surface area contributed by atoms with E-state index in [4.69, 9.17) is 5.11 Å². The van der Waals surface area contributed by atoms with E-state index >= 15 is 0 Å². The zero-order valence-corrected chi connectivity index (χ0v) is 5.97. The standard InChI is InChI=1S/C6H3F4NO2/c7-5-4(12)1-3(2-11-5)13-6(8,9)10/h1-2,12H. The average molecular weight is 197 g/mol. The van der Waals surface area contributed by atoms with Crippen molar-refractivity contribution >= 4 is 0 Å². The lowest BCUT2D eigenvalue weighted by Crippen LogP contribution is -2.17. The Bertz CT molecular complexity index is 312. The number of aromatic nitrogens is 1. The van der Waals surface area contributed by atoms with Gasteiger partial charge in [0.25, 0.3) is 5.95 Å². The third-order valence-corrected chi connectivity index (χ3v) is 1.03. The van der Waals surface area contributed by atoms with Gasteiger partial charge in [-0.2, -0.15) is 4.39 Å². The SMILES string of the molecule is Oc1cc(OC(F)(F)F)cnc1F. The molecule has 0 saturated carbocycles. The van der Waals surface area contributed by atoms with Gasteiger partial charge >= 0.3 is 6.36 Å². The van der Waals surface area contributed by atoms with E-state index in [0.29, 0.717) is 12.3 Å². The lowest BCUT2D eigenvalue weighted by atomic mass is 10.4. The van der Waals surface area contributed by atoms with Crippen molar-refractivity contribution in [3.05, 3.63) is 18.2 Å². The zero-order chi connectivity index (χ0) is 10.1. The summed E-state index contributed by atoms with van der Waals surface area (Å²) in [4.78, 5) is 2.82. The summed E-state index contributed by atoms with van der Waals surface area (Å²) in [6.45, 7) is 0. The second kappa shape index (κ2) is 3.08. The van der Waals surface area contributed by atoms with Crippen molar-refractivity contribution in [2.45, 2.75) is 6.36 Å². The lowest BCUT2D eigenvalue weighted by molar-refractivity contribution is -0.274. The summed E-state index contributed by atoms with van der Waals surface area (Å²) in [7, 11) is 0. The van der Waals surface area contributed by atoms with E-state index in [9.17, 15) is 17.6 Å². The maximum atomic E-state index is 12.2. The molecule has 0 aliphatic rings. The third-order valence-electron chi connectivity index (χ3n) is 1.03. The molecule has 1 rings (SSSR count). The largest absolute Gasteiger partial charge is 0.573 e. The minimum Gasteiger partial charge on any atom is -0.504 e. The quantitative estimate of drug-likeness (QED) is 0.551. The van der Waals surface area contributed by atoms with Crippen LogP contribution in [0.5, 0.6) is 11.5 Å². The number of pyridine rings is 1. The van der Waals surface area contributed by atoms with E-state index in [1.807, 2.05) is 0 Å². The summed E-state index contributed by atoms with van der Waals surface area (Å²) in [5.41, 5.74) is 0. The van der Waals surface area contributed by atoms with Crippen molar-refractivity contribution in [1.82, 2.24) is 4.98 Å². The van der Waals surface area contributed by atoms with Crippen LogP contribution < -0.4 is 4.74 Å². The molecule has 0 radical (unpaired) electrons. The maximum Gasteiger partial charge on any atom is 0.573 e. The maximum absolute atomic E-state index is 12.2. The summed E-state index contributed by atoms with van der Waals surface area (Å²) >= 11 is 0. The van der Waals surface area contributed by atoms with Crippen LogP contribution in [-0.2, 0) is 0 Å². The minimum atomic E-state index is -4.88. The van der Waals surface area contributed by atoms with Crippen molar-refractivity contribution < 1.29 is 27.4 Å². The Morgan fingerprint density at radius 2 is 2.00 bits per heavy atom. The van der Waals surface area contributed by atoms with Crippen molar-refractivity contribution in [2.75, 3.05) is 0 Å². The molecule has 0 bridgehead atoms. The molecule has 1 aromatic heterocycles. The van der Waals surface area contributed by atoms with Crippen LogP contribution in [-0.4, -0.2) is 16.5 Å². The number of hydrogen-bond acceptors (Lipinski definition) is 3. The molecule has 0 spiro atoms. The highest BCUT2D eigenvalue weighted by atomic mass is 19.4. The monoisotopic (exact) mass is 197 g/mol. The normalized spacial score (nSPS) is 11.4. The molecule has 1 heterocycles. The van der Waals surface area contributed by atoms with Gasteiger partial charge in [0.1, 0.15) is 0 Å². The molecule has 0 fully saturated rings. The predicted molar refractivity (Wildman–Crippen MR) is 32.5 cm³/mol. The summed E-state index contributed by atoms with van der Waals surface area (Å²) in [5, 5.41) is 8.61. The Morgan fingerprint density at radius 1 is 1.38 bits per heavy atom. The van der Waals surface area contributed by atoms with E-state index < -0.39 is 23.8 Å². The Morgan fingerprint density at radius 3 is 2.46 bits per heavy atom. The molecule has 0 aliphatic carbocycles. The number of nitrogens with zero attached hydrogens (tertiary/aromatic N) is 1. The number of alkyl halides is 3. The highest BCUT2D eigenvalue weighted by Crippen LogP contribution is 2.25. The fraction of sp³-hybridized carbons (Fsp3) is 0.167. The lowest BCUT2D eigenvalue weighted by Gasteiger charge is -2.07. The highest BCUT2D eigenvalue weighted by Gasteiger charge is 2.31. The molecule has 0 aliphatic heterocycles. The molecule has 72 valence electrons. The topological polar surface area (TPSA) is 42.4 Å². The Hall–Kier alpha value is -1.53. The van der Waals surface area contributed by atoms with Crippen LogP contribution in [0.2, 0.25) is 0 Å². The third kappa shape index (κ3) is 2.77. The summed E-state index contributed by atoms with van der Waals surface area (Å²) < 4.78 is 50.2. The van der Waals surface area contributed by atoms with Crippen LogP contribution in [0.3, 0.4) is 0 Å². The van der Waals surface area contributed by atoms with Crippen molar-refractivity contribution in [3.8, 4) is 11.5 Å². The Labute approximate surface area is 69.6 Å². The number of halogens is 4. The van der Waals surface area contributed by atoms with Crippen molar-refractivity contribution in [1.29, 1.82) is 0 Å². The van der Waals surface area contributed by atoms with Gasteiger partial charge in [0.15, 0.2) is 11.5 Å². The van der Waals surface area contributed by atoms with Gasteiger partial charge in [0.05, 0.1) is 6.20 Å². The Balaban J connectivity index is 2.86. The summed E-state index contributed by atoms with van der Waals surface area (Å²) in [5.74, 6) is -3.03. The zero-order valence-electron chi connectivity index (χ0n) is 5.97. The molecule has 1 N–H and O–H groups in total. The van der Waals surface area contributed by atoms with Crippen LogP contribution in [0.15, 0.2) is 12.3 Å². The van der Waals surface area contributed by atoms with Gasteiger partial charge in [-0.25, -0.2) is 4.98 Å². The van der Waals surface area contributed by atoms with Crippen LogP contribution in [0.4, 0.5) is 17.6 Å². The van der Waals surface area contributed by atoms with Gasteiger partial charge < -0.3 is 9.84 Å². The van der Waals surface area contributed by atoms with E-state index in [-0.39, 0.29) is 0 Å². The summed E-state index contributed by atoms with van der Waals surface area (Å²) in [6, 6.07) is 0.482. The first kappa shape index (κ1) is 9.56. The van der Waals surface area contributed by atoms with E-state index in [1.165, 1.54) is 0 Å². The van der Waals surface area contributed by atoms with E-state index in [1.54, 1.807) is 0 Å². The minimum absolute atomic E-state index is 0.482. The van der Waals surface area contributed by atoms with Crippen molar-refractivity contribution in [2.24, 2.45) is 0 Å². The smallest absolute Gasteiger partial charge is 0.504 e. The van der Waals surface area contributed by atoms with Crippen LogP contribution in [0.25, 0.3) is 0 Å². The van der Waals surface area contributed by atoms with Crippen LogP contribution in [0.1, 0.15) is 0 Å². The van der Waals surface area contributed by atoms with E-state index in [0.717, 1.165) is 0 Å². The van der Waals surface area contributed by atoms with Gasteiger partial charge in [-0.05, 0) is 0 Å². The molecule has 0 unspecified atom stereocenters. The second-order valence-corrected chi connectivity index (χ2v) is 2.03. The first-order valence-corrected chi connectivity index (χ1v) is 2.99. The molecule has 0 saturated heterocycles. The number of ether oxygens (including phenoxy) is 1. The first-order valence-electron chi connectivity index (χ1n) is 2.99. The Kier molecular flexibility index (Phi) is 2.26. The second-order valence-electron chi connectivity index (χ2n) is 2.03. The van der Waals surface area contributed by atoms with Crippen molar-refractivity contribution in [3.63, 3.8) is 0 Å². The van der Waals surface area contributed by atoms with E-state index in [2.05, 4.69) is 9.72 Å². The molecule has 0 amide bonds. The van der Waals surface area contributed by atoms with Gasteiger partial charge in [-0.15, -0.1) is 13.2 Å². The van der Waals surface area contributed by atoms with Crippen LogP contribution in [0, 0.1) is 5.95 Å².